The second-order valence-corrected chi connectivity index (χ2v) is 3.98. The number of phenols is 1. The van der Waals surface area contributed by atoms with Crippen LogP contribution in [0.25, 0.3) is 5.70 Å². The Bertz CT molecular complexity index is 570. The number of halogens is 3. The van der Waals surface area contributed by atoms with Gasteiger partial charge in [0.1, 0.15) is 5.75 Å². The van der Waals surface area contributed by atoms with Gasteiger partial charge in [0, 0.05) is 38.8 Å². The number of hydrogen-bond donors (Lipinski definition) is 1. The van der Waals surface area contributed by atoms with Gasteiger partial charge in [-0.15, -0.1) is 12.1 Å². The van der Waals surface area contributed by atoms with Gasteiger partial charge in [-0.2, -0.15) is 12.2 Å². The Hall–Kier alpha value is -1.07. The maximum atomic E-state index is 13.8. The first kappa shape index (κ1) is 17.0. The molecule has 2 nitrogen and oxygen atoms in total. The Morgan fingerprint density at radius 2 is 2.05 bits per heavy atom. The predicted octanol–water partition coefficient (Wildman–Crippen LogP) is 3.32. The maximum Gasteiger partial charge on any atom is 0.256 e. The molecule has 0 saturated carbocycles. The zero-order chi connectivity index (χ0) is 14.0. The molecule has 1 N–H and O–H groups in total. The fourth-order valence-electron chi connectivity index (χ4n) is 1.79. The van der Waals surface area contributed by atoms with Crippen molar-refractivity contribution in [1.29, 1.82) is 0 Å². The molecule has 1 aliphatic rings. The van der Waals surface area contributed by atoms with Crippen LogP contribution >= 0.6 is 0 Å². The minimum absolute atomic E-state index is 0. The van der Waals surface area contributed by atoms with Crippen LogP contribution in [0.3, 0.4) is 0 Å². The van der Waals surface area contributed by atoms with Gasteiger partial charge in [0.2, 0.25) is 0 Å². The van der Waals surface area contributed by atoms with Crippen LogP contribution in [0.4, 0.5) is 13.2 Å². The third-order valence-corrected chi connectivity index (χ3v) is 2.64. The van der Waals surface area contributed by atoms with Gasteiger partial charge in [0.05, 0.1) is 12.4 Å². The van der Waals surface area contributed by atoms with Crippen molar-refractivity contribution in [3.63, 3.8) is 0 Å². The van der Waals surface area contributed by atoms with E-state index in [1.807, 2.05) is 0 Å². The summed E-state index contributed by atoms with van der Waals surface area (Å²) in [5, 5.41) is 9.16. The van der Waals surface area contributed by atoms with Crippen molar-refractivity contribution in [2.45, 2.75) is 6.43 Å². The third kappa shape index (κ3) is 3.73. The quantitative estimate of drug-likeness (QED) is 0.841. The van der Waals surface area contributed by atoms with Crippen LogP contribution in [0.1, 0.15) is 5.56 Å². The molecule has 103 valence electrons. The van der Waals surface area contributed by atoms with E-state index in [-0.39, 0.29) is 49.7 Å². The average Bonchev–Trinajstić information content (AvgIpc) is 2.32. The molecule has 0 unspecified atom stereocenters. The number of rotatable bonds is 3. The molecule has 1 aromatic carbocycles. The van der Waals surface area contributed by atoms with Gasteiger partial charge in [-0.25, -0.2) is 13.2 Å². The molecule has 0 spiro atoms. The summed E-state index contributed by atoms with van der Waals surface area (Å²) >= 11 is 0. The third-order valence-electron chi connectivity index (χ3n) is 2.64. The summed E-state index contributed by atoms with van der Waals surface area (Å²) in [5.41, 5.74) is 0.593. The second-order valence-electron chi connectivity index (χ2n) is 3.98. The predicted molar refractivity (Wildman–Crippen MR) is 65.7 cm³/mol. The molecular weight excluding hydrogens is 344 g/mol. The first-order chi connectivity index (χ1) is 8.99. The van der Waals surface area contributed by atoms with E-state index in [1.165, 1.54) is 29.2 Å². The normalized spacial score (nSPS) is 14.3. The summed E-state index contributed by atoms with van der Waals surface area (Å²) in [6, 6.07) is 3.53. The molecule has 0 aliphatic carbocycles. The van der Waals surface area contributed by atoms with Crippen molar-refractivity contribution < 1.29 is 51.0 Å². The molecule has 20 heavy (non-hydrogen) atoms. The Labute approximate surface area is 140 Å². The number of alkyl halides is 2. The van der Waals surface area contributed by atoms with Crippen molar-refractivity contribution in [2.24, 2.45) is 0 Å². The molecule has 1 aromatic rings. The molecule has 0 saturated heterocycles. The van der Waals surface area contributed by atoms with Gasteiger partial charge >= 0.3 is 0 Å². The van der Waals surface area contributed by atoms with Crippen molar-refractivity contribution in [2.75, 3.05) is 6.54 Å². The fraction of sp³-hybridized carbons (Fsp3) is 0.143. The largest absolute Gasteiger partial charge is 0.508 e. The van der Waals surface area contributed by atoms with Crippen LogP contribution in [0, 0.1) is 11.9 Å². The van der Waals surface area contributed by atoms with Crippen LogP contribution < -0.4 is 0 Å². The fourth-order valence-corrected chi connectivity index (χ4v) is 1.79. The van der Waals surface area contributed by atoms with Crippen molar-refractivity contribution in [3.05, 3.63) is 60.1 Å². The number of nitrogens with zero attached hydrogens (tertiary/aromatic N) is 1. The van der Waals surface area contributed by atoms with Gasteiger partial charge in [-0.1, -0.05) is 17.8 Å². The van der Waals surface area contributed by atoms with Gasteiger partial charge < -0.3 is 10.0 Å². The molecule has 0 bridgehead atoms. The van der Waals surface area contributed by atoms with Crippen molar-refractivity contribution >= 4 is 5.70 Å². The summed E-state index contributed by atoms with van der Waals surface area (Å²) in [4.78, 5) is 1.19. The number of hydrogen-bond acceptors (Lipinski definition) is 2. The zero-order valence-corrected chi connectivity index (χ0v) is 13.3. The number of benzene rings is 1. The van der Waals surface area contributed by atoms with Gasteiger partial charge in [-0.05, 0) is 11.8 Å². The summed E-state index contributed by atoms with van der Waals surface area (Å²) in [7, 11) is 0. The van der Waals surface area contributed by atoms with E-state index in [9.17, 15) is 13.2 Å². The SMILES string of the molecule is C=C1C=C[C-]=C(c2ccc(O)cc2F)N1CC(F)F.[Y]. The molecule has 6 heteroatoms. The summed E-state index contributed by atoms with van der Waals surface area (Å²) < 4.78 is 38.9. The smallest absolute Gasteiger partial charge is 0.256 e. The Balaban J connectivity index is 0.00000200. The van der Waals surface area contributed by atoms with E-state index < -0.39 is 18.8 Å². The standard InChI is InChI=1S/C14H11F3NO.Y/c1-9-3-2-4-13(18(9)8-14(16)17)11-6-5-10(19)7-12(11)15;/h2-3,5-7,14,19H,1,8H2;/q-1;. The molecule has 1 heterocycles. The summed E-state index contributed by atoms with van der Waals surface area (Å²) in [5.74, 6) is -0.933. The van der Waals surface area contributed by atoms with E-state index in [1.54, 1.807) is 0 Å². The van der Waals surface area contributed by atoms with Crippen LogP contribution in [-0.4, -0.2) is 23.0 Å². The van der Waals surface area contributed by atoms with Gasteiger partial charge in [0.25, 0.3) is 6.43 Å². The zero-order valence-electron chi connectivity index (χ0n) is 10.5. The van der Waals surface area contributed by atoms with Gasteiger partial charge in [-0.3, -0.25) is 0 Å². The molecular formula is C14H11F3NOY-. The Morgan fingerprint density at radius 3 is 2.65 bits per heavy atom. The average molecular weight is 355 g/mol. The molecule has 0 atom stereocenters. The monoisotopic (exact) mass is 355 g/mol. The first-order valence-electron chi connectivity index (χ1n) is 5.52. The maximum absolute atomic E-state index is 13.8. The van der Waals surface area contributed by atoms with E-state index in [0.29, 0.717) is 5.70 Å². The molecule has 1 aliphatic heterocycles. The van der Waals surface area contributed by atoms with E-state index in [0.717, 1.165) is 6.07 Å². The van der Waals surface area contributed by atoms with E-state index in [2.05, 4.69) is 12.7 Å². The van der Waals surface area contributed by atoms with E-state index >= 15 is 0 Å². The molecule has 0 fully saturated rings. The van der Waals surface area contributed by atoms with Crippen molar-refractivity contribution in [3.8, 4) is 5.75 Å². The van der Waals surface area contributed by atoms with E-state index in [4.69, 9.17) is 5.11 Å². The molecule has 0 amide bonds. The van der Waals surface area contributed by atoms with Crippen LogP contribution in [0.5, 0.6) is 5.75 Å². The number of aromatic hydroxyl groups is 1. The van der Waals surface area contributed by atoms with Gasteiger partial charge in [0.15, 0.2) is 0 Å². The topological polar surface area (TPSA) is 23.5 Å². The van der Waals surface area contributed by atoms with Crippen molar-refractivity contribution in [1.82, 2.24) is 4.90 Å². The second kappa shape index (κ2) is 7.09. The first-order valence-corrected chi connectivity index (χ1v) is 5.52. The minimum Gasteiger partial charge on any atom is -0.508 e. The van der Waals surface area contributed by atoms with Crippen LogP contribution in [0.2, 0.25) is 0 Å². The minimum atomic E-state index is -2.58. The molecule has 2 rings (SSSR count). The molecule has 0 aromatic heterocycles. The number of phenolic OH excluding ortho intramolecular Hbond substituents is 1. The number of allylic oxidation sites excluding steroid dienone is 3. The Morgan fingerprint density at radius 1 is 1.35 bits per heavy atom. The Kier molecular flexibility index (Phi) is 6.02. The summed E-state index contributed by atoms with van der Waals surface area (Å²) in [6.45, 7) is 3.05. The summed E-state index contributed by atoms with van der Waals surface area (Å²) in [6.07, 6.45) is 3.15. The van der Waals surface area contributed by atoms with Crippen LogP contribution in [0.15, 0.2) is 42.6 Å². The molecule has 1 radical (unpaired) electrons. The van der Waals surface area contributed by atoms with Crippen LogP contribution in [-0.2, 0) is 32.7 Å².